The van der Waals surface area contributed by atoms with E-state index in [0.29, 0.717) is 17.4 Å². The van der Waals surface area contributed by atoms with Crippen LogP contribution in [0.3, 0.4) is 0 Å². The van der Waals surface area contributed by atoms with Crippen LogP contribution >= 0.6 is 0 Å². The second-order valence-electron chi connectivity index (χ2n) is 2.88. The highest BCUT2D eigenvalue weighted by Gasteiger charge is 2.24. The van der Waals surface area contributed by atoms with Crippen molar-refractivity contribution in [3.63, 3.8) is 0 Å². The molecule has 3 nitrogen and oxygen atoms in total. The van der Waals surface area contributed by atoms with Crippen molar-refractivity contribution in [2.24, 2.45) is 0 Å². The molecule has 66 valence electrons. The first-order valence-electron chi connectivity index (χ1n) is 4.02. The number of aldehydes is 1. The van der Waals surface area contributed by atoms with Crippen LogP contribution in [0.4, 0.5) is 0 Å². The number of benzene rings is 1. The van der Waals surface area contributed by atoms with Gasteiger partial charge in [0.2, 0.25) is 0 Å². The number of hydrogen-bond donors (Lipinski definition) is 0. The highest BCUT2D eigenvalue weighted by atomic mass is 16.5. The molecule has 0 aromatic heterocycles. The van der Waals surface area contributed by atoms with Crippen LogP contribution in [0.5, 0.6) is 0 Å². The minimum atomic E-state index is -0.575. The maximum absolute atomic E-state index is 11.3. The van der Waals surface area contributed by atoms with Crippen LogP contribution in [0.2, 0.25) is 0 Å². The number of carbonyl (C=O) groups is 2. The molecule has 1 aliphatic heterocycles. The van der Waals surface area contributed by atoms with Gasteiger partial charge in [-0.3, -0.25) is 4.79 Å². The first-order valence-corrected chi connectivity index (χ1v) is 4.02. The highest BCUT2D eigenvalue weighted by Crippen LogP contribution is 2.24. The fraction of sp³-hybridized carbons (Fsp3) is 0.200. The zero-order chi connectivity index (χ0) is 9.26. The fourth-order valence-corrected chi connectivity index (χ4v) is 1.44. The van der Waals surface area contributed by atoms with Crippen LogP contribution in [0.1, 0.15) is 22.0 Å². The van der Waals surface area contributed by atoms with Crippen molar-refractivity contribution < 1.29 is 14.3 Å². The van der Waals surface area contributed by atoms with Crippen molar-refractivity contribution in [2.45, 2.75) is 6.10 Å². The minimum absolute atomic E-state index is 0.000417. The molecule has 1 aromatic rings. The minimum Gasteiger partial charge on any atom is -0.358 e. The van der Waals surface area contributed by atoms with Crippen molar-refractivity contribution in [3.05, 3.63) is 35.4 Å². The molecule has 3 heteroatoms. The third kappa shape index (κ3) is 1.27. The Balaban J connectivity index is 2.53. The van der Waals surface area contributed by atoms with E-state index in [4.69, 9.17) is 4.74 Å². The van der Waals surface area contributed by atoms with E-state index in [0.717, 1.165) is 0 Å². The van der Waals surface area contributed by atoms with Gasteiger partial charge in [0.25, 0.3) is 0 Å². The molecule has 1 atom stereocenters. The molecule has 0 amide bonds. The Morgan fingerprint density at radius 2 is 2.15 bits per heavy atom. The largest absolute Gasteiger partial charge is 0.358 e. The Bertz CT molecular complexity index is 357. The average molecular weight is 176 g/mol. The standard InChI is InChI=1S/C10H8O3/c11-5-10-8-4-2-1-3-7(8)9(12)6-13-10/h1-5,10H,6H2. The van der Waals surface area contributed by atoms with Crippen molar-refractivity contribution in [1.29, 1.82) is 0 Å². The molecule has 1 aromatic carbocycles. The maximum atomic E-state index is 11.3. The van der Waals surface area contributed by atoms with E-state index < -0.39 is 6.10 Å². The summed E-state index contributed by atoms with van der Waals surface area (Å²) in [5.74, 6) is -0.0614. The topological polar surface area (TPSA) is 43.4 Å². The summed E-state index contributed by atoms with van der Waals surface area (Å²) >= 11 is 0. The lowest BCUT2D eigenvalue weighted by atomic mass is 9.98. The van der Waals surface area contributed by atoms with Gasteiger partial charge in [-0.05, 0) is 5.56 Å². The van der Waals surface area contributed by atoms with Gasteiger partial charge in [-0.2, -0.15) is 0 Å². The van der Waals surface area contributed by atoms with Crippen LogP contribution in [0, 0.1) is 0 Å². The van der Waals surface area contributed by atoms with Gasteiger partial charge in [-0.25, -0.2) is 0 Å². The predicted octanol–water partition coefficient (Wildman–Crippen LogP) is 1.14. The molecule has 0 aliphatic carbocycles. The number of hydrogen-bond acceptors (Lipinski definition) is 3. The Labute approximate surface area is 75.3 Å². The summed E-state index contributed by atoms with van der Waals surface area (Å²) in [7, 11) is 0. The van der Waals surface area contributed by atoms with Crippen molar-refractivity contribution in [2.75, 3.05) is 6.61 Å². The highest BCUT2D eigenvalue weighted by molar-refractivity contribution is 6.00. The Kier molecular flexibility index (Phi) is 1.94. The van der Waals surface area contributed by atoms with E-state index in [2.05, 4.69) is 0 Å². The Hall–Kier alpha value is -1.48. The zero-order valence-electron chi connectivity index (χ0n) is 6.90. The van der Waals surface area contributed by atoms with Gasteiger partial charge in [0.1, 0.15) is 12.7 Å². The normalized spacial score (nSPS) is 20.9. The predicted molar refractivity (Wildman–Crippen MR) is 45.5 cm³/mol. The van der Waals surface area contributed by atoms with Crippen LogP contribution < -0.4 is 0 Å². The van der Waals surface area contributed by atoms with Crippen LogP contribution in [0.25, 0.3) is 0 Å². The molecule has 0 bridgehead atoms. The molecule has 0 radical (unpaired) electrons. The number of carbonyl (C=O) groups excluding carboxylic acids is 2. The van der Waals surface area contributed by atoms with Gasteiger partial charge in [0.05, 0.1) is 0 Å². The number of fused-ring (bicyclic) bond motifs is 1. The lowest BCUT2D eigenvalue weighted by molar-refractivity contribution is -0.118. The molecule has 2 rings (SSSR count). The molecule has 13 heavy (non-hydrogen) atoms. The van der Waals surface area contributed by atoms with Crippen molar-refractivity contribution >= 4 is 12.1 Å². The van der Waals surface area contributed by atoms with Crippen LogP contribution in [-0.2, 0) is 9.53 Å². The first-order chi connectivity index (χ1) is 6.33. The van der Waals surface area contributed by atoms with Gasteiger partial charge in [0, 0.05) is 5.56 Å². The van der Waals surface area contributed by atoms with E-state index >= 15 is 0 Å². The zero-order valence-corrected chi connectivity index (χ0v) is 6.90. The molecule has 0 N–H and O–H groups in total. The molecule has 0 spiro atoms. The third-order valence-electron chi connectivity index (χ3n) is 2.09. The second-order valence-corrected chi connectivity index (χ2v) is 2.88. The summed E-state index contributed by atoms with van der Waals surface area (Å²) in [6.45, 7) is 0.000417. The lowest BCUT2D eigenvalue weighted by Crippen LogP contribution is -2.23. The monoisotopic (exact) mass is 176 g/mol. The summed E-state index contributed by atoms with van der Waals surface area (Å²) in [6.07, 6.45) is 0.138. The number of ether oxygens (including phenoxy) is 1. The summed E-state index contributed by atoms with van der Waals surface area (Å²) in [4.78, 5) is 21.9. The van der Waals surface area contributed by atoms with Crippen molar-refractivity contribution in [3.8, 4) is 0 Å². The lowest BCUT2D eigenvalue weighted by Gasteiger charge is -2.20. The van der Waals surface area contributed by atoms with Gasteiger partial charge in [-0.15, -0.1) is 0 Å². The Morgan fingerprint density at radius 3 is 2.92 bits per heavy atom. The van der Waals surface area contributed by atoms with E-state index in [1.165, 1.54) is 0 Å². The third-order valence-corrected chi connectivity index (χ3v) is 2.09. The summed E-state index contributed by atoms with van der Waals surface area (Å²) in [5.41, 5.74) is 1.28. The van der Waals surface area contributed by atoms with Crippen LogP contribution in [-0.4, -0.2) is 18.7 Å². The molecular weight excluding hydrogens is 168 g/mol. The smallest absolute Gasteiger partial charge is 0.188 e. The summed E-state index contributed by atoms with van der Waals surface area (Å²) in [5, 5.41) is 0. The SMILES string of the molecule is O=CC1OCC(=O)c2ccccc21. The fourth-order valence-electron chi connectivity index (χ4n) is 1.44. The summed E-state index contributed by atoms with van der Waals surface area (Å²) in [6, 6.07) is 7.03. The molecule has 1 heterocycles. The van der Waals surface area contributed by atoms with E-state index in [1.54, 1.807) is 24.3 Å². The molecular formula is C10H8O3. The molecule has 1 unspecified atom stereocenters. The number of ketones is 1. The van der Waals surface area contributed by atoms with E-state index in [-0.39, 0.29) is 12.4 Å². The molecule has 0 saturated carbocycles. The molecule has 0 fully saturated rings. The molecule has 0 saturated heterocycles. The van der Waals surface area contributed by atoms with E-state index in [1.807, 2.05) is 0 Å². The maximum Gasteiger partial charge on any atom is 0.188 e. The van der Waals surface area contributed by atoms with Gasteiger partial charge < -0.3 is 9.53 Å². The number of Topliss-reactive ketones (excluding diaryl/α,β-unsaturated/α-hetero) is 1. The molecule has 1 aliphatic rings. The quantitative estimate of drug-likeness (QED) is 0.602. The average Bonchev–Trinajstić information content (AvgIpc) is 2.19. The summed E-state index contributed by atoms with van der Waals surface area (Å²) < 4.78 is 5.05. The van der Waals surface area contributed by atoms with Gasteiger partial charge in [-0.1, -0.05) is 24.3 Å². The number of rotatable bonds is 1. The van der Waals surface area contributed by atoms with E-state index in [9.17, 15) is 9.59 Å². The van der Waals surface area contributed by atoms with Crippen molar-refractivity contribution in [1.82, 2.24) is 0 Å². The van der Waals surface area contributed by atoms with Gasteiger partial charge >= 0.3 is 0 Å². The Morgan fingerprint density at radius 1 is 1.38 bits per heavy atom. The second kappa shape index (κ2) is 3.11. The first kappa shape index (κ1) is 8.13. The van der Waals surface area contributed by atoms with Crippen LogP contribution in [0.15, 0.2) is 24.3 Å². The van der Waals surface area contributed by atoms with Gasteiger partial charge in [0.15, 0.2) is 12.1 Å².